The van der Waals surface area contributed by atoms with Crippen LogP contribution in [-0.2, 0) is 35.2 Å². The summed E-state index contributed by atoms with van der Waals surface area (Å²) in [7, 11) is 0. The van der Waals surface area contributed by atoms with Gasteiger partial charge in [0.25, 0.3) is 0 Å². The molecule has 0 heterocycles. The molecule has 1 rings (SSSR count). The van der Waals surface area contributed by atoms with Gasteiger partial charge in [0.05, 0.1) is 6.61 Å². The van der Waals surface area contributed by atoms with Crippen molar-refractivity contribution in [3.63, 3.8) is 0 Å². The molecule has 0 fully saturated rings. The fourth-order valence-corrected chi connectivity index (χ4v) is 1.82. The molecule has 0 spiro atoms. The largest absolute Gasteiger partial charge is 0.465 e. The third kappa shape index (κ3) is 8.59. The summed E-state index contributed by atoms with van der Waals surface area (Å²) >= 11 is 0. The molecule has 26 heavy (non-hydrogen) atoms. The van der Waals surface area contributed by atoms with Crippen molar-refractivity contribution in [2.24, 2.45) is 0 Å². The molecule has 0 aliphatic heterocycles. The van der Waals surface area contributed by atoms with Crippen LogP contribution in [0.5, 0.6) is 0 Å². The summed E-state index contributed by atoms with van der Waals surface area (Å²) in [4.78, 5) is 35.9. The molecule has 0 saturated heterocycles. The van der Waals surface area contributed by atoms with Crippen LogP contribution in [0.2, 0.25) is 0 Å². The van der Waals surface area contributed by atoms with Crippen LogP contribution in [0.1, 0.15) is 33.3 Å². The molecule has 1 unspecified atom stereocenters. The number of carbonyl (C=O) groups excluding carboxylic acids is 3. The second-order valence-electron chi connectivity index (χ2n) is 6.36. The van der Waals surface area contributed by atoms with Gasteiger partial charge >= 0.3 is 17.9 Å². The monoisotopic (exact) mass is 366 g/mol. The third-order valence-corrected chi connectivity index (χ3v) is 2.89. The van der Waals surface area contributed by atoms with E-state index in [2.05, 4.69) is 10.9 Å². The van der Waals surface area contributed by atoms with Gasteiger partial charge in [0.15, 0.2) is 0 Å². The lowest BCUT2D eigenvalue weighted by Crippen LogP contribution is -2.53. The molecule has 0 aromatic heterocycles. The maximum absolute atomic E-state index is 12.3. The Morgan fingerprint density at radius 1 is 1.04 bits per heavy atom. The molecule has 0 aliphatic carbocycles. The van der Waals surface area contributed by atoms with Crippen molar-refractivity contribution >= 4 is 17.9 Å². The van der Waals surface area contributed by atoms with Crippen LogP contribution in [0.4, 0.5) is 0 Å². The van der Waals surface area contributed by atoms with Gasteiger partial charge in [-0.2, -0.15) is 0 Å². The zero-order chi connectivity index (χ0) is 19.6. The SMILES string of the molecule is CCOC(=O)CNNC(C(=O)OCc1ccccc1)C(=O)OC(C)(C)C. The van der Waals surface area contributed by atoms with E-state index in [1.807, 2.05) is 18.2 Å². The van der Waals surface area contributed by atoms with E-state index in [1.54, 1.807) is 39.8 Å². The van der Waals surface area contributed by atoms with Crippen molar-refractivity contribution in [1.82, 2.24) is 10.9 Å². The average Bonchev–Trinajstić information content (AvgIpc) is 2.56. The molecular weight excluding hydrogens is 340 g/mol. The van der Waals surface area contributed by atoms with E-state index in [-0.39, 0.29) is 19.8 Å². The number of carbonyl (C=O) groups is 3. The average molecular weight is 366 g/mol. The molecular formula is C18H26N2O6. The van der Waals surface area contributed by atoms with E-state index in [1.165, 1.54) is 0 Å². The topological polar surface area (TPSA) is 103 Å². The van der Waals surface area contributed by atoms with E-state index in [0.717, 1.165) is 5.56 Å². The normalized spacial score (nSPS) is 12.2. The number of hydrazine groups is 1. The summed E-state index contributed by atoms with van der Waals surface area (Å²) in [5.41, 5.74) is 4.96. The lowest BCUT2D eigenvalue weighted by atomic mass is 10.2. The zero-order valence-corrected chi connectivity index (χ0v) is 15.5. The summed E-state index contributed by atoms with van der Waals surface area (Å²) in [5, 5.41) is 0. The maximum Gasteiger partial charge on any atom is 0.336 e. The van der Waals surface area contributed by atoms with Crippen molar-refractivity contribution < 1.29 is 28.6 Å². The quantitative estimate of drug-likeness (QED) is 0.290. The van der Waals surface area contributed by atoms with E-state index in [4.69, 9.17) is 14.2 Å². The molecule has 0 radical (unpaired) electrons. The van der Waals surface area contributed by atoms with Gasteiger partial charge in [0.2, 0.25) is 6.04 Å². The summed E-state index contributed by atoms with van der Waals surface area (Å²) in [6.07, 6.45) is 0. The molecule has 1 atom stereocenters. The maximum atomic E-state index is 12.3. The number of hydrogen-bond acceptors (Lipinski definition) is 8. The molecule has 1 aromatic carbocycles. The highest BCUT2D eigenvalue weighted by Gasteiger charge is 2.32. The third-order valence-electron chi connectivity index (χ3n) is 2.89. The zero-order valence-electron chi connectivity index (χ0n) is 15.5. The highest BCUT2D eigenvalue weighted by molar-refractivity contribution is 5.99. The van der Waals surface area contributed by atoms with Crippen LogP contribution in [0, 0.1) is 0 Å². The standard InChI is InChI=1S/C18H26N2O6/c1-5-24-14(21)11-19-20-15(17(23)26-18(2,3)4)16(22)25-12-13-9-7-6-8-10-13/h6-10,15,19-20H,5,11-12H2,1-4H3. The minimum absolute atomic E-state index is 0.0124. The van der Waals surface area contributed by atoms with Gasteiger partial charge in [0, 0.05) is 0 Å². The smallest absolute Gasteiger partial charge is 0.336 e. The van der Waals surface area contributed by atoms with Crippen LogP contribution in [-0.4, -0.2) is 42.7 Å². The number of hydrogen-bond donors (Lipinski definition) is 2. The molecule has 2 N–H and O–H groups in total. The Balaban J connectivity index is 2.67. The van der Waals surface area contributed by atoms with Crippen molar-refractivity contribution in [2.45, 2.75) is 45.9 Å². The van der Waals surface area contributed by atoms with Crippen LogP contribution in [0.3, 0.4) is 0 Å². The minimum Gasteiger partial charge on any atom is -0.465 e. The van der Waals surface area contributed by atoms with Crippen LogP contribution >= 0.6 is 0 Å². The van der Waals surface area contributed by atoms with E-state index in [9.17, 15) is 14.4 Å². The second kappa shape index (κ2) is 10.5. The van der Waals surface area contributed by atoms with Crippen molar-refractivity contribution in [1.29, 1.82) is 0 Å². The van der Waals surface area contributed by atoms with Gasteiger partial charge in [-0.1, -0.05) is 30.3 Å². The molecule has 144 valence electrons. The summed E-state index contributed by atoms with van der Waals surface area (Å²) < 4.78 is 15.1. The fourth-order valence-electron chi connectivity index (χ4n) is 1.82. The van der Waals surface area contributed by atoms with E-state index >= 15 is 0 Å². The highest BCUT2D eigenvalue weighted by atomic mass is 16.6. The number of benzene rings is 1. The predicted octanol–water partition coefficient (Wildman–Crippen LogP) is 1.10. The molecule has 0 aliphatic rings. The first-order valence-electron chi connectivity index (χ1n) is 8.30. The summed E-state index contributed by atoms with van der Waals surface area (Å²) in [6, 6.07) is 7.63. The lowest BCUT2D eigenvalue weighted by Gasteiger charge is -2.23. The Kier molecular flexibility index (Phi) is 8.74. The van der Waals surface area contributed by atoms with Gasteiger partial charge in [-0.15, -0.1) is 0 Å². The minimum atomic E-state index is -1.42. The second-order valence-corrected chi connectivity index (χ2v) is 6.36. The lowest BCUT2D eigenvalue weighted by molar-refractivity contribution is -0.167. The predicted molar refractivity (Wildman–Crippen MR) is 93.6 cm³/mol. The highest BCUT2D eigenvalue weighted by Crippen LogP contribution is 2.10. The molecule has 0 saturated carbocycles. The van der Waals surface area contributed by atoms with Gasteiger partial charge in [-0.25, -0.2) is 20.4 Å². The Labute approximate surface area is 153 Å². The van der Waals surface area contributed by atoms with Crippen LogP contribution < -0.4 is 10.9 Å². The number of rotatable bonds is 9. The van der Waals surface area contributed by atoms with Crippen molar-refractivity contribution in [2.75, 3.05) is 13.2 Å². The summed E-state index contributed by atoms with van der Waals surface area (Å²) in [5.74, 6) is -2.16. The number of nitrogens with one attached hydrogen (secondary N) is 2. The first kappa shape index (κ1) is 21.6. The Morgan fingerprint density at radius 3 is 2.27 bits per heavy atom. The molecule has 8 heteroatoms. The van der Waals surface area contributed by atoms with Crippen molar-refractivity contribution in [3.05, 3.63) is 35.9 Å². The fraction of sp³-hybridized carbons (Fsp3) is 0.500. The van der Waals surface area contributed by atoms with E-state index < -0.39 is 29.6 Å². The van der Waals surface area contributed by atoms with Gasteiger partial charge in [-0.3, -0.25) is 4.79 Å². The Morgan fingerprint density at radius 2 is 1.69 bits per heavy atom. The van der Waals surface area contributed by atoms with Crippen molar-refractivity contribution in [3.8, 4) is 0 Å². The van der Waals surface area contributed by atoms with E-state index in [0.29, 0.717) is 0 Å². The first-order chi connectivity index (χ1) is 12.2. The van der Waals surface area contributed by atoms with Crippen LogP contribution in [0.25, 0.3) is 0 Å². The summed E-state index contributed by atoms with van der Waals surface area (Å²) in [6.45, 7) is 6.75. The van der Waals surface area contributed by atoms with Gasteiger partial charge in [-0.05, 0) is 33.3 Å². The first-order valence-corrected chi connectivity index (χ1v) is 8.30. The van der Waals surface area contributed by atoms with Gasteiger partial charge < -0.3 is 14.2 Å². The molecule has 0 amide bonds. The molecule has 1 aromatic rings. The van der Waals surface area contributed by atoms with Gasteiger partial charge in [0.1, 0.15) is 18.8 Å². The van der Waals surface area contributed by atoms with Crippen LogP contribution in [0.15, 0.2) is 30.3 Å². The Bertz CT molecular complexity index is 597. The Hall–Kier alpha value is -2.45. The number of ether oxygens (including phenoxy) is 3. The molecule has 8 nitrogen and oxygen atoms in total. The molecule has 0 bridgehead atoms. The number of esters is 3.